The summed E-state index contributed by atoms with van der Waals surface area (Å²) in [5.74, 6) is 0. The Morgan fingerprint density at radius 1 is 0.850 bits per heavy atom. The van der Waals surface area contributed by atoms with Gasteiger partial charge in [-0.05, 0) is 41.1 Å². The summed E-state index contributed by atoms with van der Waals surface area (Å²) >= 11 is 6.00. The van der Waals surface area contributed by atoms with Gasteiger partial charge in [0.25, 0.3) is 0 Å². The van der Waals surface area contributed by atoms with Gasteiger partial charge >= 0.3 is 0 Å². The van der Waals surface area contributed by atoms with E-state index in [1.165, 1.54) is 0 Å². The molecular weight excluding hydrogens is 272 g/mol. The third-order valence-corrected chi connectivity index (χ3v) is 3.76. The van der Waals surface area contributed by atoms with Crippen LogP contribution in [0.3, 0.4) is 0 Å². The highest BCUT2D eigenvalue weighted by atomic mass is 35.5. The number of benzene rings is 3. The molecule has 96 valence electrons. The lowest BCUT2D eigenvalue weighted by Gasteiger charge is -2.05. The van der Waals surface area contributed by atoms with Crippen molar-refractivity contribution in [3.8, 4) is 0 Å². The third-order valence-electron chi connectivity index (χ3n) is 3.52. The molecule has 0 amide bonds. The third kappa shape index (κ3) is 1.55. The van der Waals surface area contributed by atoms with Crippen molar-refractivity contribution in [1.82, 2.24) is 0 Å². The predicted octanol–water partition coefficient (Wildman–Crippen LogP) is 4.75. The van der Waals surface area contributed by atoms with Crippen molar-refractivity contribution in [3.63, 3.8) is 0 Å². The van der Waals surface area contributed by atoms with Crippen LogP contribution in [0.25, 0.3) is 32.7 Å². The Bertz CT molecular complexity index is 1030. The van der Waals surface area contributed by atoms with Crippen molar-refractivity contribution in [2.45, 2.75) is 0 Å². The van der Waals surface area contributed by atoms with Gasteiger partial charge in [0, 0.05) is 5.02 Å². The van der Waals surface area contributed by atoms with Crippen molar-refractivity contribution >= 4 is 44.3 Å². The van der Waals surface area contributed by atoms with Crippen LogP contribution in [0.15, 0.2) is 63.8 Å². The van der Waals surface area contributed by atoms with Crippen LogP contribution in [0.1, 0.15) is 0 Å². The van der Waals surface area contributed by atoms with E-state index in [2.05, 4.69) is 0 Å². The molecule has 0 aliphatic heterocycles. The molecule has 3 heteroatoms. The number of para-hydroxylation sites is 1. The molecule has 0 unspecified atom stereocenters. The molecule has 1 aromatic heterocycles. The van der Waals surface area contributed by atoms with Crippen LogP contribution < -0.4 is 5.43 Å². The summed E-state index contributed by atoms with van der Waals surface area (Å²) in [6, 6.07) is 16.5. The van der Waals surface area contributed by atoms with E-state index in [0.29, 0.717) is 27.0 Å². The van der Waals surface area contributed by atoms with Gasteiger partial charge in [0.2, 0.25) is 5.43 Å². The molecule has 20 heavy (non-hydrogen) atoms. The number of rotatable bonds is 0. The maximum absolute atomic E-state index is 12.7. The molecule has 0 radical (unpaired) electrons. The molecule has 0 fully saturated rings. The summed E-state index contributed by atoms with van der Waals surface area (Å²) in [5.41, 5.74) is 1.21. The fraction of sp³-hybridized carbons (Fsp3) is 0. The predicted molar refractivity (Wildman–Crippen MR) is 82.5 cm³/mol. The molecule has 0 bridgehead atoms. The van der Waals surface area contributed by atoms with Crippen molar-refractivity contribution in [2.24, 2.45) is 0 Å². The summed E-state index contributed by atoms with van der Waals surface area (Å²) in [6.45, 7) is 0. The van der Waals surface area contributed by atoms with Crippen molar-refractivity contribution < 1.29 is 4.42 Å². The normalized spacial score (nSPS) is 11.4. The van der Waals surface area contributed by atoms with Gasteiger partial charge in [-0.1, -0.05) is 35.9 Å². The topological polar surface area (TPSA) is 30.2 Å². The van der Waals surface area contributed by atoms with Crippen molar-refractivity contribution in [1.29, 1.82) is 0 Å². The number of hydrogen-bond donors (Lipinski definition) is 0. The molecule has 0 N–H and O–H groups in total. The maximum atomic E-state index is 12.7. The first-order valence-electron chi connectivity index (χ1n) is 6.28. The summed E-state index contributed by atoms with van der Waals surface area (Å²) in [5, 5.41) is 3.67. The van der Waals surface area contributed by atoms with Crippen LogP contribution in [0.2, 0.25) is 5.02 Å². The smallest absolute Gasteiger partial charge is 0.201 e. The lowest BCUT2D eigenvalue weighted by molar-refractivity contribution is 0.660. The zero-order valence-corrected chi connectivity index (χ0v) is 11.1. The first-order chi connectivity index (χ1) is 9.74. The van der Waals surface area contributed by atoms with Crippen LogP contribution in [0.5, 0.6) is 0 Å². The number of fused-ring (bicyclic) bond motifs is 4. The van der Waals surface area contributed by atoms with Crippen LogP contribution in [0, 0.1) is 0 Å². The minimum atomic E-state index is -0.00484. The molecule has 0 saturated heterocycles. The van der Waals surface area contributed by atoms with Crippen LogP contribution in [-0.4, -0.2) is 0 Å². The highest BCUT2D eigenvalue weighted by molar-refractivity contribution is 6.31. The summed E-state index contributed by atoms with van der Waals surface area (Å²) in [6.07, 6.45) is 0. The molecule has 0 saturated carbocycles. The van der Waals surface area contributed by atoms with Gasteiger partial charge in [-0.3, -0.25) is 4.79 Å². The minimum Gasteiger partial charge on any atom is -0.456 e. The molecule has 0 atom stereocenters. The van der Waals surface area contributed by atoms with E-state index in [1.54, 1.807) is 12.1 Å². The van der Waals surface area contributed by atoms with Gasteiger partial charge in [0.1, 0.15) is 11.2 Å². The zero-order valence-electron chi connectivity index (χ0n) is 10.4. The van der Waals surface area contributed by atoms with E-state index in [-0.39, 0.29) is 5.43 Å². The summed E-state index contributed by atoms with van der Waals surface area (Å²) in [7, 11) is 0. The Kier molecular flexibility index (Phi) is 2.35. The minimum absolute atomic E-state index is 0.00484. The van der Waals surface area contributed by atoms with Crippen LogP contribution >= 0.6 is 11.6 Å². The average Bonchev–Trinajstić information content (AvgIpc) is 2.47. The summed E-state index contributed by atoms with van der Waals surface area (Å²) in [4.78, 5) is 12.7. The Morgan fingerprint density at radius 2 is 1.70 bits per heavy atom. The van der Waals surface area contributed by atoms with Gasteiger partial charge in [-0.25, -0.2) is 0 Å². The second-order valence-corrected chi connectivity index (χ2v) is 5.17. The van der Waals surface area contributed by atoms with Gasteiger partial charge < -0.3 is 4.42 Å². The first kappa shape index (κ1) is 11.5. The van der Waals surface area contributed by atoms with Gasteiger partial charge in [-0.2, -0.15) is 0 Å². The SMILES string of the molecule is O=c1c2ccccc2oc2ccc3cc(Cl)ccc3c12. The van der Waals surface area contributed by atoms with Gasteiger partial charge in [-0.15, -0.1) is 0 Å². The lowest BCUT2D eigenvalue weighted by atomic mass is 10.0. The van der Waals surface area contributed by atoms with Gasteiger partial charge in [0.15, 0.2) is 0 Å². The molecule has 0 spiro atoms. The largest absolute Gasteiger partial charge is 0.456 e. The Morgan fingerprint density at radius 3 is 2.60 bits per heavy atom. The summed E-state index contributed by atoms with van der Waals surface area (Å²) < 4.78 is 5.83. The molecule has 4 rings (SSSR count). The fourth-order valence-electron chi connectivity index (χ4n) is 2.60. The van der Waals surface area contributed by atoms with Crippen molar-refractivity contribution in [2.75, 3.05) is 0 Å². The second-order valence-electron chi connectivity index (χ2n) is 4.73. The number of hydrogen-bond acceptors (Lipinski definition) is 2. The van der Waals surface area contributed by atoms with E-state index in [0.717, 1.165) is 10.8 Å². The molecular formula is C17H9ClO2. The standard InChI is InChI=1S/C17H9ClO2/c18-11-6-7-12-10(9-11)5-8-15-16(12)17(19)13-3-1-2-4-14(13)20-15/h1-9H. The van der Waals surface area contributed by atoms with E-state index in [1.807, 2.05) is 42.5 Å². The van der Waals surface area contributed by atoms with E-state index in [9.17, 15) is 4.79 Å². The molecule has 2 nitrogen and oxygen atoms in total. The molecule has 0 aliphatic carbocycles. The lowest BCUT2D eigenvalue weighted by Crippen LogP contribution is -2.02. The zero-order chi connectivity index (χ0) is 13.7. The number of halogens is 1. The van der Waals surface area contributed by atoms with Crippen LogP contribution in [0.4, 0.5) is 0 Å². The second kappa shape index (κ2) is 4.09. The first-order valence-corrected chi connectivity index (χ1v) is 6.66. The highest BCUT2D eigenvalue weighted by Gasteiger charge is 2.10. The Hall–Kier alpha value is -2.32. The van der Waals surface area contributed by atoms with E-state index in [4.69, 9.17) is 16.0 Å². The fourth-order valence-corrected chi connectivity index (χ4v) is 2.78. The Labute approximate surface area is 119 Å². The average molecular weight is 281 g/mol. The molecule has 4 aromatic rings. The molecule has 3 aromatic carbocycles. The van der Waals surface area contributed by atoms with Gasteiger partial charge in [0.05, 0.1) is 10.8 Å². The highest BCUT2D eigenvalue weighted by Crippen LogP contribution is 2.27. The van der Waals surface area contributed by atoms with Crippen LogP contribution in [-0.2, 0) is 0 Å². The van der Waals surface area contributed by atoms with Crippen molar-refractivity contribution in [3.05, 3.63) is 69.8 Å². The molecule has 0 aliphatic rings. The molecule has 1 heterocycles. The Balaban J connectivity index is 2.32. The maximum Gasteiger partial charge on any atom is 0.201 e. The van der Waals surface area contributed by atoms with E-state index < -0.39 is 0 Å². The van der Waals surface area contributed by atoms with E-state index >= 15 is 0 Å². The monoisotopic (exact) mass is 280 g/mol. The quantitative estimate of drug-likeness (QED) is 0.344.